The first-order valence-electron chi connectivity index (χ1n) is 3.79. The fraction of sp³-hybridized carbons (Fsp3) is 0.100. The SMILES string of the molecule is NC(=O)/C1=C/C=C\C=C/C=C\C1. The average molecular weight is 161 g/mol. The van der Waals surface area contributed by atoms with Crippen molar-refractivity contribution < 1.29 is 4.79 Å². The first kappa shape index (κ1) is 8.53. The second-order valence-electron chi connectivity index (χ2n) is 2.46. The highest BCUT2D eigenvalue weighted by Gasteiger charge is 1.99. The van der Waals surface area contributed by atoms with Crippen LogP contribution >= 0.6 is 0 Å². The molecule has 0 fully saturated rings. The Labute approximate surface area is 71.8 Å². The van der Waals surface area contributed by atoms with Gasteiger partial charge in [0, 0.05) is 5.57 Å². The first-order valence-corrected chi connectivity index (χ1v) is 3.79. The van der Waals surface area contributed by atoms with Crippen molar-refractivity contribution in [1.29, 1.82) is 0 Å². The van der Waals surface area contributed by atoms with E-state index in [0.717, 1.165) is 0 Å². The minimum Gasteiger partial charge on any atom is -0.366 e. The van der Waals surface area contributed by atoms with Crippen molar-refractivity contribution in [3.8, 4) is 0 Å². The Hall–Kier alpha value is -1.57. The molecule has 62 valence electrons. The molecule has 2 nitrogen and oxygen atoms in total. The molecule has 0 aliphatic heterocycles. The summed E-state index contributed by atoms with van der Waals surface area (Å²) in [5.41, 5.74) is 5.77. The molecule has 1 aliphatic carbocycles. The molecule has 0 atom stereocenters. The van der Waals surface area contributed by atoms with E-state index in [2.05, 4.69) is 0 Å². The van der Waals surface area contributed by atoms with E-state index < -0.39 is 0 Å². The summed E-state index contributed by atoms with van der Waals surface area (Å²) >= 11 is 0. The Morgan fingerprint density at radius 3 is 2.58 bits per heavy atom. The van der Waals surface area contributed by atoms with Gasteiger partial charge in [-0.1, -0.05) is 42.5 Å². The largest absolute Gasteiger partial charge is 0.366 e. The van der Waals surface area contributed by atoms with Crippen molar-refractivity contribution in [3.05, 3.63) is 48.1 Å². The normalized spacial score (nSPS) is 28.5. The zero-order valence-corrected chi connectivity index (χ0v) is 6.73. The monoisotopic (exact) mass is 161 g/mol. The molecule has 1 aliphatic rings. The van der Waals surface area contributed by atoms with Crippen molar-refractivity contribution >= 4 is 5.91 Å². The van der Waals surface area contributed by atoms with Crippen LogP contribution in [0, 0.1) is 0 Å². The summed E-state index contributed by atoms with van der Waals surface area (Å²) in [4.78, 5) is 10.8. The minimum absolute atomic E-state index is 0.355. The predicted octanol–water partition coefficient (Wildman–Crippen LogP) is 1.47. The maximum absolute atomic E-state index is 10.8. The Morgan fingerprint density at radius 2 is 1.83 bits per heavy atom. The summed E-state index contributed by atoms with van der Waals surface area (Å²) in [6.45, 7) is 0. The molecule has 12 heavy (non-hydrogen) atoms. The van der Waals surface area contributed by atoms with Crippen LogP contribution in [0.3, 0.4) is 0 Å². The van der Waals surface area contributed by atoms with Crippen LogP contribution in [0.2, 0.25) is 0 Å². The van der Waals surface area contributed by atoms with Gasteiger partial charge in [0.1, 0.15) is 0 Å². The van der Waals surface area contributed by atoms with Crippen molar-refractivity contribution in [2.45, 2.75) is 6.42 Å². The van der Waals surface area contributed by atoms with Gasteiger partial charge in [-0.3, -0.25) is 4.79 Å². The van der Waals surface area contributed by atoms with E-state index in [1.165, 1.54) is 0 Å². The number of carbonyl (C=O) groups is 1. The third-order valence-corrected chi connectivity index (χ3v) is 1.53. The Bertz CT molecular complexity index is 282. The van der Waals surface area contributed by atoms with E-state index >= 15 is 0 Å². The molecule has 2 heteroatoms. The Balaban J connectivity index is 2.81. The molecule has 0 unspecified atom stereocenters. The summed E-state index contributed by atoms with van der Waals surface area (Å²) < 4.78 is 0. The number of amides is 1. The molecule has 1 rings (SSSR count). The van der Waals surface area contributed by atoms with E-state index in [-0.39, 0.29) is 5.91 Å². The van der Waals surface area contributed by atoms with E-state index in [1.54, 1.807) is 6.08 Å². The first-order chi connectivity index (χ1) is 5.80. The van der Waals surface area contributed by atoms with E-state index in [4.69, 9.17) is 5.73 Å². The van der Waals surface area contributed by atoms with Crippen LogP contribution in [0.5, 0.6) is 0 Å². The molecular weight excluding hydrogens is 150 g/mol. The number of primary amides is 1. The molecule has 0 bridgehead atoms. The van der Waals surface area contributed by atoms with Crippen LogP contribution in [0.25, 0.3) is 0 Å². The predicted molar refractivity (Wildman–Crippen MR) is 49.3 cm³/mol. The smallest absolute Gasteiger partial charge is 0.244 e. The molecule has 1 amide bonds. The summed E-state index contributed by atoms with van der Waals surface area (Å²) in [7, 11) is 0. The molecular formula is C10H11NO. The number of carbonyl (C=O) groups excluding carboxylic acids is 1. The number of allylic oxidation sites excluding steroid dienone is 7. The van der Waals surface area contributed by atoms with Crippen molar-refractivity contribution in [3.63, 3.8) is 0 Å². The van der Waals surface area contributed by atoms with Gasteiger partial charge in [0.2, 0.25) is 5.91 Å². The highest BCUT2D eigenvalue weighted by Crippen LogP contribution is 2.03. The maximum Gasteiger partial charge on any atom is 0.244 e. The highest BCUT2D eigenvalue weighted by molar-refractivity contribution is 5.92. The third-order valence-electron chi connectivity index (χ3n) is 1.53. The van der Waals surface area contributed by atoms with Gasteiger partial charge in [0.15, 0.2) is 0 Å². The van der Waals surface area contributed by atoms with Crippen LogP contribution in [-0.2, 0) is 4.79 Å². The van der Waals surface area contributed by atoms with Gasteiger partial charge in [-0.2, -0.15) is 0 Å². The second kappa shape index (κ2) is 4.34. The highest BCUT2D eigenvalue weighted by atomic mass is 16.1. The van der Waals surface area contributed by atoms with Crippen molar-refractivity contribution in [2.24, 2.45) is 5.73 Å². The van der Waals surface area contributed by atoms with Gasteiger partial charge < -0.3 is 5.73 Å². The lowest BCUT2D eigenvalue weighted by Crippen LogP contribution is -2.13. The lowest BCUT2D eigenvalue weighted by molar-refractivity contribution is -0.114. The summed E-state index contributed by atoms with van der Waals surface area (Å²) in [5, 5.41) is 0. The average Bonchev–Trinajstić information content (AvgIpc) is 2.15. The number of rotatable bonds is 1. The Morgan fingerprint density at radius 1 is 1.17 bits per heavy atom. The number of hydrogen-bond acceptors (Lipinski definition) is 1. The lowest BCUT2D eigenvalue weighted by Gasteiger charge is -1.95. The van der Waals surface area contributed by atoms with Crippen LogP contribution in [-0.4, -0.2) is 5.91 Å². The quantitative estimate of drug-likeness (QED) is 0.621. The topological polar surface area (TPSA) is 43.1 Å². The molecule has 0 aromatic rings. The summed E-state index contributed by atoms with van der Waals surface area (Å²) in [5.74, 6) is -0.355. The standard InChI is InChI=1S/C10H11NO/c11-10(12)9-7-5-3-1-2-4-6-8-9/h1-7H,8H2,(H2,11,12)/b2-1-,5-3-,6-4-,9-7+. The molecule has 0 saturated heterocycles. The van der Waals surface area contributed by atoms with Crippen molar-refractivity contribution in [1.82, 2.24) is 0 Å². The molecule has 0 radical (unpaired) electrons. The lowest BCUT2D eigenvalue weighted by atomic mass is 10.1. The van der Waals surface area contributed by atoms with E-state index in [9.17, 15) is 4.79 Å². The third kappa shape index (κ3) is 2.58. The van der Waals surface area contributed by atoms with Crippen LogP contribution in [0.1, 0.15) is 6.42 Å². The van der Waals surface area contributed by atoms with Gasteiger partial charge in [-0.15, -0.1) is 0 Å². The molecule has 0 aromatic carbocycles. The maximum atomic E-state index is 10.8. The number of hydrogen-bond donors (Lipinski definition) is 1. The van der Waals surface area contributed by atoms with Crippen LogP contribution in [0.4, 0.5) is 0 Å². The van der Waals surface area contributed by atoms with Gasteiger partial charge in [-0.05, 0) is 6.42 Å². The van der Waals surface area contributed by atoms with Gasteiger partial charge in [-0.25, -0.2) is 0 Å². The second-order valence-corrected chi connectivity index (χ2v) is 2.46. The molecule has 0 heterocycles. The molecule has 0 saturated carbocycles. The zero-order chi connectivity index (χ0) is 8.81. The fourth-order valence-corrected chi connectivity index (χ4v) is 0.889. The van der Waals surface area contributed by atoms with Crippen LogP contribution in [0.15, 0.2) is 48.1 Å². The fourth-order valence-electron chi connectivity index (χ4n) is 0.889. The van der Waals surface area contributed by atoms with E-state index in [0.29, 0.717) is 12.0 Å². The molecule has 2 N–H and O–H groups in total. The minimum atomic E-state index is -0.355. The van der Waals surface area contributed by atoms with Crippen molar-refractivity contribution in [2.75, 3.05) is 0 Å². The summed E-state index contributed by atoms with van der Waals surface area (Å²) in [6, 6.07) is 0. The van der Waals surface area contributed by atoms with Crippen LogP contribution < -0.4 is 5.73 Å². The summed E-state index contributed by atoms with van der Waals surface area (Å²) in [6.07, 6.45) is 13.6. The zero-order valence-electron chi connectivity index (χ0n) is 6.73. The van der Waals surface area contributed by atoms with Gasteiger partial charge in [0.05, 0.1) is 0 Å². The molecule has 0 spiro atoms. The van der Waals surface area contributed by atoms with E-state index in [1.807, 2.05) is 36.5 Å². The molecule has 0 aromatic heterocycles. The Kier molecular flexibility index (Phi) is 3.08. The van der Waals surface area contributed by atoms with Gasteiger partial charge in [0.25, 0.3) is 0 Å². The van der Waals surface area contributed by atoms with Gasteiger partial charge >= 0.3 is 0 Å². The number of nitrogens with two attached hydrogens (primary N) is 1.